The third kappa shape index (κ3) is 3.87. The van der Waals surface area contributed by atoms with Gasteiger partial charge < -0.3 is 0 Å². The molecule has 1 radical (unpaired) electrons. The maximum absolute atomic E-state index is 12.6. The number of hydrogen-bond donors (Lipinski definition) is 0. The Bertz CT molecular complexity index is 369. The van der Waals surface area contributed by atoms with Crippen LogP contribution in [-0.2, 0) is 12.6 Å². The van der Waals surface area contributed by atoms with Crippen LogP contribution >= 0.6 is 0 Å². The SMILES string of the molecule is CCCCc1ccc(C(F)(F)F)cc1[Si](C)C. The van der Waals surface area contributed by atoms with E-state index in [1.54, 1.807) is 6.07 Å². The highest BCUT2D eigenvalue weighted by Gasteiger charge is 2.31. The number of unbranched alkanes of at least 4 members (excludes halogenated alkanes) is 1. The third-order valence-electron chi connectivity index (χ3n) is 2.78. The van der Waals surface area contributed by atoms with Crippen LogP contribution in [-0.4, -0.2) is 8.80 Å². The summed E-state index contributed by atoms with van der Waals surface area (Å²) in [6.07, 6.45) is -1.24. The molecule has 17 heavy (non-hydrogen) atoms. The van der Waals surface area contributed by atoms with Gasteiger partial charge in [-0.3, -0.25) is 0 Å². The van der Waals surface area contributed by atoms with Gasteiger partial charge in [0.05, 0.1) is 14.4 Å². The van der Waals surface area contributed by atoms with E-state index in [1.165, 1.54) is 12.1 Å². The second-order valence-electron chi connectivity index (χ2n) is 4.47. The zero-order valence-corrected chi connectivity index (χ0v) is 11.5. The summed E-state index contributed by atoms with van der Waals surface area (Å²) in [7, 11) is -0.854. The number of alkyl halides is 3. The monoisotopic (exact) mass is 259 g/mol. The van der Waals surface area contributed by atoms with E-state index in [2.05, 4.69) is 6.92 Å². The molecule has 0 N–H and O–H groups in total. The fourth-order valence-corrected chi connectivity index (χ4v) is 3.10. The van der Waals surface area contributed by atoms with Crippen LogP contribution in [0.15, 0.2) is 18.2 Å². The average molecular weight is 259 g/mol. The minimum absolute atomic E-state index is 0.515. The number of aryl methyl sites for hydroxylation is 1. The summed E-state index contributed by atoms with van der Waals surface area (Å²) in [4.78, 5) is 0. The van der Waals surface area contributed by atoms with Gasteiger partial charge in [0.2, 0.25) is 0 Å². The van der Waals surface area contributed by atoms with Gasteiger partial charge in [0.1, 0.15) is 0 Å². The first-order chi connectivity index (χ1) is 7.86. The summed E-state index contributed by atoms with van der Waals surface area (Å²) in [5, 5.41) is 0.929. The van der Waals surface area contributed by atoms with Crippen molar-refractivity contribution in [1.29, 1.82) is 0 Å². The molecule has 0 amide bonds. The Hall–Kier alpha value is -0.773. The van der Waals surface area contributed by atoms with Crippen molar-refractivity contribution in [2.45, 2.75) is 45.5 Å². The zero-order chi connectivity index (χ0) is 13.1. The molecule has 1 aromatic carbocycles. The zero-order valence-electron chi connectivity index (χ0n) is 10.5. The van der Waals surface area contributed by atoms with Gasteiger partial charge in [0.25, 0.3) is 0 Å². The molecule has 0 aromatic heterocycles. The Balaban J connectivity index is 3.08. The standard InChI is InChI=1S/C13H18F3Si/c1-4-5-6-10-7-8-11(13(14,15)16)9-12(10)17(2)3/h7-9H,4-6H2,1-3H3. The highest BCUT2D eigenvalue weighted by atomic mass is 28.3. The molecule has 0 aliphatic heterocycles. The van der Waals surface area contributed by atoms with Crippen molar-refractivity contribution in [3.8, 4) is 0 Å². The molecule has 0 fully saturated rings. The molecular formula is C13H18F3Si. The highest BCUT2D eigenvalue weighted by molar-refractivity contribution is 6.71. The van der Waals surface area contributed by atoms with E-state index in [0.717, 1.165) is 30.0 Å². The molecule has 0 saturated heterocycles. The van der Waals surface area contributed by atoms with Crippen molar-refractivity contribution in [3.05, 3.63) is 29.3 Å². The van der Waals surface area contributed by atoms with Crippen LogP contribution in [0.5, 0.6) is 0 Å². The Kier molecular flexibility index (Phi) is 4.80. The first kappa shape index (κ1) is 14.3. The lowest BCUT2D eigenvalue weighted by atomic mass is 10.1. The lowest BCUT2D eigenvalue weighted by molar-refractivity contribution is -0.137. The Morgan fingerprint density at radius 3 is 2.29 bits per heavy atom. The number of hydrogen-bond acceptors (Lipinski definition) is 0. The molecule has 4 heteroatoms. The maximum atomic E-state index is 12.6. The largest absolute Gasteiger partial charge is 0.416 e. The molecule has 0 heterocycles. The smallest absolute Gasteiger partial charge is 0.166 e. The van der Waals surface area contributed by atoms with Crippen LogP contribution < -0.4 is 5.19 Å². The summed E-state index contributed by atoms with van der Waals surface area (Å²) in [5.74, 6) is 0. The van der Waals surface area contributed by atoms with Gasteiger partial charge in [0, 0.05) is 0 Å². The molecular weight excluding hydrogens is 241 g/mol. The Morgan fingerprint density at radius 1 is 1.18 bits per heavy atom. The highest BCUT2D eigenvalue weighted by Crippen LogP contribution is 2.29. The molecule has 95 valence electrons. The van der Waals surface area contributed by atoms with Crippen LogP contribution in [0.1, 0.15) is 30.9 Å². The predicted molar refractivity (Wildman–Crippen MR) is 67.2 cm³/mol. The average Bonchev–Trinajstić information content (AvgIpc) is 2.24. The minimum Gasteiger partial charge on any atom is -0.166 e. The maximum Gasteiger partial charge on any atom is 0.416 e. The molecule has 0 nitrogen and oxygen atoms in total. The van der Waals surface area contributed by atoms with Crippen LogP contribution in [0, 0.1) is 0 Å². The summed E-state index contributed by atoms with van der Waals surface area (Å²) in [5.41, 5.74) is 0.581. The molecule has 0 bridgehead atoms. The van der Waals surface area contributed by atoms with Gasteiger partial charge in [0.15, 0.2) is 0 Å². The lowest BCUT2D eigenvalue weighted by Gasteiger charge is -2.15. The minimum atomic E-state index is -4.23. The molecule has 0 unspecified atom stereocenters. The van der Waals surface area contributed by atoms with E-state index in [1.807, 2.05) is 13.1 Å². The normalized spacial score (nSPS) is 12.2. The Morgan fingerprint density at radius 2 is 1.82 bits per heavy atom. The molecule has 0 saturated carbocycles. The van der Waals surface area contributed by atoms with Gasteiger partial charge in [-0.2, -0.15) is 13.2 Å². The van der Waals surface area contributed by atoms with Crippen LogP contribution in [0.3, 0.4) is 0 Å². The summed E-state index contributed by atoms with van der Waals surface area (Å²) >= 11 is 0. The van der Waals surface area contributed by atoms with Crippen molar-refractivity contribution in [1.82, 2.24) is 0 Å². The summed E-state index contributed by atoms with van der Waals surface area (Å²) in [6, 6.07) is 4.21. The molecule has 0 atom stereocenters. The first-order valence-corrected chi connectivity index (χ1v) is 8.37. The lowest BCUT2D eigenvalue weighted by Crippen LogP contribution is -2.28. The van der Waals surface area contributed by atoms with Crippen molar-refractivity contribution in [3.63, 3.8) is 0 Å². The molecule has 0 aliphatic carbocycles. The summed E-state index contributed by atoms with van der Waals surface area (Å²) in [6.45, 7) is 6.17. The Labute approximate surface area is 102 Å². The molecule has 0 spiro atoms. The van der Waals surface area contributed by atoms with Crippen molar-refractivity contribution < 1.29 is 13.2 Å². The molecule has 0 aliphatic rings. The van der Waals surface area contributed by atoms with Crippen molar-refractivity contribution in [2.75, 3.05) is 0 Å². The number of benzene rings is 1. The van der Waals surface area contributed by atoms with Gasteiger partial charge >= 0.3 is 6.18 Å². The van der Waals surface area contributed by atoms with E-state index >= 15 is 0 Å². The van der Waals surface area contributed by atoms with E-state index < -0.39 is 20.5 Å². The van der Waals surface area contributed by atoms with Gasteiger partial charge in [-0.05, 0) is 24.5 Å². The quantitative estimate of drug-likeness (QED) is 0.717. The fraction of sp³-hybridized carbons (Fsp3) is 0.538. The van der Waals surface area contributed by atoms with Crippen molar-refractivity contribution >= 4 is 14.0 Å². The van der Waals surface area contributed by atoms with E-state index in [4.69, 9.17) is 0 Å². The van der Waals surface area contributed by atoms with Gasteiger partial charge in [-0.25, -0.2) is 0 Å². The topological polar surface area (TPSA) is 0 Å². The van der Waals surface area contributed by atoms with Crippen molar-refractivity contribution in [2.24, 2.45) is 0 Å². The van der Waals surface area contributed by atoms with E-state index in [-0.39, 0.29) is 0 Å². The van der Waals surface area contributed by atoms with Crippen LogP contribution in [0.4, 0.5) is 13.2 Å². The van der Waals surface area contributed by atoms with E-state index in [0.29, 0.717) is 0 Å². The predicted octanol–water partition coefficient (Wildman–Crippen LogP) is 4.01. The molecule has 1 rings (SSSR count). The third-order valence-corrected chi connectivity index (χ3v) is 4.32. The number of rotatable bonds is 4. The molecule has 1 aromatic rings. The van der Waals surface area contributed by atoms with E-state index in [9.17, 15) is 13.2 Å². The van der Waals surface area contributed by atoms with Crippen LogP contribution in [0.25, 0.3) is 0 Å². The van der Waals surface area contributed by atoms with Crippen LogP contribution in [0.2, 0.25) is 13.1 Å². The second-order valence-corrected chi connectivity index (χ2v) is 7.01. The second kappa shape index (κ2) is 5.71. The number of halogens is 3. The fourth-order valence-electron chi connectivity index (χ4n) is 1.80. The summed E-state index contributed by atoms with van der Waals surface area (Å²) < 4.78 is 37.9. The van der Waals surface area contributed by atoms with Gasteiger partial charge in [-0.15, -0.1) is 0 Å². The first-order valence-electron chi connectivity index (χ1n) is 5.87. The van der Waals surface area contributed by atoms with Gasteiger partial charge in [-0.1, -0.05) is 43.8 Å².